The van der Waals surface area contributed by atoms with Gasteiger partial charge in [-0.1, -0.05) is 30.3 Å². The number of nitrogens with one attached hydrogen (secondary N) is 1. The maximum atomic E-state index is 12.7. The number of carbonyl (C=O) groups is 1. The van der Waals surface area contributed by atoms with E-state index in [4.69, 9.17) is 0 Å². The van der Waals surface area contributed by atoms with E-state index in [0.717, 1.165) is 26.9 Å². The smallest absolute Gasteiger partial charge is 0.259 e. The Morgan fingerprint density at radius 1 is 1.00 bits per heavy atom. The third-order valence-electron chi connectivity index (χ3n) is 5.04. The van der Waals surface area contributed by atoms with Crippen LogP contribution in [0.4, 0.5) is 5.69 Å². The van der Waals surface area contributed by atoms with Crippen molar-refractivity contribution in [2.45, 2.75) is 18.0 Å². The van der Waals surface area contributed by atoms with Crippen molar-refractivity contribution in [3.63, 3.8) is 0 Å². The highest BCUT2D eigenvalue weighted by Gasteiger charge is 2.13. The summed E-state index contributed by atoms with van der Waals surface area (Å²) in [6.45, 7) is 0.717. The van der Waals surface area contributed by atoms with Gasteiger partial charge in [0.25, 0.3) is 5.91 Å². The Morgan fingerprint density at radius 3 is 2.50 bits per heavy atom. The number of rotatable bonds is 6. The molecule has 3 aromatic carbocycles. The molecule has 1 heterocycles. The molecule has 5 nitrogen and oxygen atoms in total. The summed E-state index contributed by atoms with van der Waals surface area (Å²) in [6, 6.07) is 20.7. The quantitative estimate of drug-likeness (QED) is 0.391. The van der Waals surface area contributed by atoms with Crippen LogP contribution >= 0.6 is 11.8 Å². The molecule has 6 heteroatoms. The molecule has 0 saturated carbocycles. The molecule has 0 spiro atoms. The molecule has 3 N–H and O–H groups in total. The number of fused-ring (bicyclic) bond motifs is 1. The van der Waals surface area contributed by atoms with Gasteiger partial charge >= 0.3 is 0 Å². The summed E-state index contributed by atoms with van der Waals surface area (Å²) in [5, 5.41) is 23.2. The van der Waals surface area contributed by atoms with Crippen molar-refractivity contribution >= 4 is 34.3 Å². The fraction of sp³-hybridized carbons (Fsp3) is 0.125. The summed E-state index contributed by atoms with van der Waals surface area (Å²) in [7, 11) is 0. The van der Waals surface area contributed by atoms with Gasteiger partial charge in [-0.25, -0.2) is 0 Å². The molecule has 0 bridgehead atoms. The van der Waals surface area contributed by atoms with Gasteiger partial charge in [0.05, 0.1) is 17.7 Å². The van der Waals surface area contributed by atoms with Crippen LogP contribution in [0.25, 0.3) is 10.9 Å². The molecule has 0 aliphatic rings. The summed E-state index contributed by atoms with van der Waals surface area (Å²) in [4.78, 5) is 13.6. The third-order valence-corrected chi connectivity index (χ3v) is 5.76. The van der Waals surface area contributed by atoms with Crippen molar-refractivity contribution < 1.29 is 15.0 Å². The fourth-order valence-corrected chi connectivity index (χ4v) is 3.81. The number of anilines is 1. The summed E-state index contributed by atoms with van der Waals surface area (Å²) in [5.41, 5.74) is 3.92. The summed E-state index contributed by atoms with van der Waals surface area (Å²) in [5.74, 6) is -0.387. The molecule has 0 aliphatic heterocycles. The van der Waals surface area contributed by atoms with E-state index >= 15 is 0 Å². The second-order valence-corrected chi connectivity index (χ2v) is 7.91. The van der Waals surface area contributed by atoms with Crippen LogP contribution in [0.2, 0.25) is 0 Å². The molecule has 0 unspecified atom stereocenters. The first-order valence-electron chi connectivity index (χ1n) is 9.53. The van der Waals surface area contributed by atoms with Crippen molar-refractivity contribution in [1.29, 1.82) is 0 Å². The predicted molar refractivity (Wildman–Crippen MR) is 121 cm³/mol. The minimum absolute atomic E-state index is 0.0329. The Morgan fingerprint density at radius 2 is 1.77 bits per heavy atom. The highest BCUT2D eigenvalue weighted by Crippen LogP contribution is 2.26. The van der Waals surface area contributed by atoms with E-state index in [1.54, 1.807) is 12.1 Å². The van der Waals surface area contributed by atoms with Gasteiger partial charge in [0.2, 0.25) is 0 Å². The molecule has 0 aliphatic carbocycles. The van der Waals surface area contributed by atoms with Gasteiger partial charge in [-0.15, -0.1) is 11.8 Å². The highest BCUT2D eigenvalue weighted by atomic mass is 32.2. The summed E-state index contributed by atoms with van der Waals surface area (Å²) in [6.07, 6.45) is 3.94. The number of thioether (sulfide) groups is 1. The van der Waals surface area contributed by atoms with E-state index in [1.165, 1.54) is 17.8 Å². The normalized spacial score (nSPS) is 11.0. The zero-order valence-electron chi connectivity index (χ0n) is 16.5. The maximum absolute atomic E-state index is 12.7. The number of aromatic nitrogens is 1. The van der Waals surface area contributed by atoms with Crippen LogP contribution < -0.4 is 5.32 Å². The average Bonchev–Trinajstić information content (AvgIpc) is 3.16. The molecule has 0 atom stereocenters. The highest BCUT2D eigenvalue weighted by molar-refractivity contribution is 7.98. The Labute approximate surface area is 179 Å². The Balaban J connectivity index is 1.58. The molecule has 4 rings (SSSR count). The zero-order chi connectivity index (χ0) is 21.1. The first-order valence-corrected chi connectivity index (χ1v) is 10.8. The molecular formula is C24H22N2O3S. The SMILES string of the molecule is CSc1ccc(O)c(C(=O)Nc2ccc3ccn(Cc4ccc(CO)cc4)c3c2)c1. The van der Waals surface area contributed by atoms with E-state index in [2.05, 4.69) is 9.88 Å². The van der Waals surface area contributed by atoms with Crippen LogP contribution in [0.3, 0.4) is 0 Å². The maximum Gasteiger partial charge on any atom is 0.259 e. The van der Waals surface area contributed by atoms with Crippen molar-refractivity contribution in [1.82, 2.24) is 4.57 Å². The monoisotopic (exact) mass is 418 g/mol. The Bertz CT molecular complexity index is 1200. The van der Waals surface area contributed by atoms with Crippen LogP contribution in [0.5, 0.6) is 5.75 Å². The number of phenolic OH excluding ortho intramolecular Hbond substituents is 1. The van der Waals surface area contributed by atoms with E-state index in [0.29, 0.717) is 12.2 Å². The number of phenols is 1. The summed E-state index contributed by atoms with van der Waals surface area (Å²) < 4.78 is 2.12. The molecular weight excluding hydrogens is 396 g/mol. The van der Waals surface area contributed by atoms with Crippen LogP contribution in [0.1, 0.15) is 21.5 Å². The zero-order valence-corrected chi connectivity index (χ0v) is 17.3. The van der Waals surface area contributed by atoms with E-state index in [-0.39, 0.29) is 23.8 Å². The minimum Gasteiger partial charge on any atom is -0.507 e. The molecule has 1 aromatic heterocycles. The van der Waals surface area contributed by atoms with Crippen molar-refractivity contribution in [2.75, 3.05) is 11.6 Å². The molecule has 152 valence electrons. The molecule has 0 saturated heterocycles. The predicted octanol–water partition coefficient (Wildman–Crippen LogP) is 4.86. The number of hydrogen-bond acceptors (Lipinski definition) is 4. The van der Waals surface area contributed by atoms with Gasteiger partial charge < -0.3 is 20.1 Å². The lowest BCUT2D eigenvalue weighted by molar-refractivity contribution is 0.102. The molecule has 30 heavy (non-hydrogen) atoms. The number of amides is 1. The minimum atomic E-state index is -0.347. The largest absolute Gasteiger partial charge is 0.507 e. The topological polar surface area (TPSA) is 74.5 Å². The summed E-state index contributed by atoms with van der Waals surface area (Å²) >= 11 is 1.52. The molecule has 4 aromatic rings. The molecule has 0 radical (unpaired) electrons. The Kier molecular flexibility index (Phi) is 5.79. The molecule has 1 amide bonds. The van der Waals surface area contributed by atoms with Gasteiger partial charge in [0.15, 0.2) is 0 Å². The van der Waals surface area contributed by atoms with Crippen LogP contribution in [-0.4, -0.2) is 26.9 Å². The Hall–Kier alpha value is -3.22. The standard InChI is InChI=1S/C24H22N2O3S/c1-30-20-8-9-23(28)21(13-20)24(29)25-19-7-6-18-10-11-26(22(18)12-19)14-16-2-4-17(15-27)5-3-16/h2-13,27-28H,14-15H2,1H3,(H,25,29). The second kappa shape index (κ2) is 8.65. The molecule has 0 fully saturated rings. The number of benzene rings is 3. The van der Waals surface area contributed by atoms with Crippen molar-refractivity contribution in [3.8, 4) is 5.75 Å². The first kappa shape index (κ1) is 20.1. The third kappa shape index (κ3) is 4.20. The number of hydrogen-bond donors (Lipinski definition) is 3. The first-order chi connectivity index (χ1) is 14.6. The number of nitrogens with zero attached hydrogens (tertiary/aromatic N) is 1. The number of aromatic hydroxyl groups is 1. The lowest BCUT2D eigenvalue weighted by Gasteiger charge is -2.10. The lowest BCUT2D eigenvalue weighted by atomic mass is 10.1. The van der Waals surface area contributed by atoms with Crippen LogP contribution in [0, 0.1) is 0 Å². The van der Waals surface area contributed by atoms with E-state index in [1.807, 2.05) is 61.0 Å². The van der Waals surface area contributed by atoms with Gasteiger partial charge in [-0.3, -0.25) is 4.79 Å². The number of aliphatic hydroxyl groups is 1. The van der Waals surface area contributed by atoms with Crippen molar-refractivity contribution in [3.05, 3.63) is 89.6 Å². The second-order valence-electron chi connectivity index (χ2n) is 7.03. The fourth-order valence-electron chi connectivity index (χ4n) is 3.37. The lowest BCUT2D eigenvalue weighted by Crippen LogP contribution is -2.12. The van der Waals surface area contributed by atoms with Crippen LogP contribution in [-0.2, 0) is 13.2 Å². The number of aliphatic hydroxyl groups excluding tert-OH is 1. The van der Waals surface area contributed by atoms with Crippen LogP contribution in [0.15, 0.2) is 77.8 Å². The number of carbonyl (C=O) groups excluding carboxylic acids is 1. The van der Waals surface area contributed by atoms with Crippen molar-refractivity contribution in [2.24, 2.45) is 0 Å². The van der Waals surface area contributed by atoms with Gasteiger partial charge in [0, 0.05) is 23.3 Å². The van der Waals surface area contributed by atoms with Gasteiger partial charge in [-0.2, -0.15) is 0 Å². The van der Waals surface area contributed by atoms with Gasteiger partial charge in [-0.05, 0) is 59.2 Å². The average molecular weight is 419 g/mol. The van der Waals surface area contributed by atoms with E-state index < -0.39 is 0 Å². The van der Waals surface area contributed by atoms with E-state index in [9.17, 15) is 15.0 Å². The van der Waals surface area contributed by atoms with Gasteiger partial charge in [0.1, 0.15) is 5.75 Å².